The van der Waals surface area contributed by atoms with E-state index in [1.807, 2.05) is 25.2 Å². The van der Waals surface area contributed by atoms with Crippen LogP contribution in [0.15, 0.2) is 36.9 Å². The number of carboxylic acids is 1. The number of hydrogen-bond donors (Lipinski definition) is 1. The van der Waals surface area contributed by atoms with Gasteiger partial charge < -0.3 is 19.5 Å². The number of carboxylic acid groups (broad SMARTS) is 1. The number of benzene rings is 2. The number of carbonyl (C=O) groups is 1. The maximum atomic E-state index is 11.9. The summed E-state index contributed by atoms with van der Waals surface area (Å²) >= 11 is 0. The zero-order valence-corrected chi connectivity index (χ0v) is 15.1. The van der Waals surface area contributed by atoms with Gasteiger partial charge in [0.2, 0.25) is 6.79 Å². The van der Waals surface area contributed by atoms with Crippen LogP contribution in [0.3, 0.4) is 0 Å². The van der Waals surface area contributed by atoms with Crippen molar-refractivity contribution < 1.29 is 19.4 Å². The third-order valence-electron chi connectivity index (χ3n) is 4.55. The van der Waals surface area contributed by atoms with Crippen LogP contribution in [0.1, 0.15) is 35.7 Å². The number of ether oxygens (including phenoxy) is 2. The molecule has 136 valence electrons. The summed E-state index contributed by atoms with van der Waals surface area (Å²) in [6.45, 7) is 7.05. The number of aromatic carboxylic acids is 1. The van der Waals surface area contributed by atoms with E-state index in [2.05, 4.69) is 18.4 Å². The maximum Gasteiger partial charge on any atom is 0.336 e. The van der Waals surface area contributed by atoms with Gasteiger partial charge in [-0.2, -0.15) is 0 Å². The minimum atomic E-state index is -0.996. The first-order valence-corrected chi connectivity index (χ1v) is 8.70. The van der Waals surface area contributed by atoms with Crippen LogP contribution >= 0.6 is 0 Å². The summed E-state index contributed by atoms with van der Waals surface area (Å²) in [5.41, 5.74) is 3.59. The number of para-hydroxylation sites is 1. The lowest BCUT2D eigenvalue weighted by Crippen LogP contribution is -2.20. The largest absolute Gasteiger partial charge is 0.478 e. The lowest BCUT2D eigenvalue weighted by atomic mass is 9.94. The minimum absolute atomic E-state index is 0.105. The van der Waals surface area contributed by atoms with Crippen LogP contribution in [-0.4, -0.2) is 31.5 Å². The Hall–Kier alpha value is -2.95. The van der Waals surface area contributed by atoms with Crippen molar-refractivity contribution in [3.63, 3.8) is 0 Å². The molecule has 0 saturated carbocycles. The fourth-order valence-corrected chi connectivity index (χ4v) is 3.22. The summed E-state index contributed by atoms with van der Waals surface area (Å²) in [5.74, 6) is 0.0348. The normalized spacial score (nSPS) is 12.1. The molecule has 0 aliphatic carbocycles. The van der Waals surface area contributed by atoms with Crippen LogP contribution in [0.5, 0.6) is 11.5 Å². The lowest BCUT2D eigenvalue weighted by Gasteiger charge is -2.25. The number of hydrogen-bond acceptors (Lipinski definition) is 4. The summed E-state index contributed by atoms with van der Waals surface area (Å²) in [7, 11) is 2.02. The van der Waals surface area contributed by atoms with E-state index in [-0.39, 0.29) is 12.4 Å². The van der Waals surface area contributed by atoms with Crippen molar-refractivity contribution >= 4 is 17.7 Å². The molecule has 1 heterocycles. The van der Waals surface area contributed by atoms with E-state index in [4.69, 9.17) is 9.47 Å². The van der Waals surface area contributed by atoms with Crippen LogP contribution in [-0.2, 0) is 0 Å². The quantitative estimate of drug-likeness (QED) is 0.784. The smallest absolute Gasteiger partial charge is 0.336 e. The average molecular weight is 353 g/mol. The van der Waals surface area contributed by atoms with Crippen molar-refractivity contribution in [1.29, 1.82) is 0 Å². The number of fused-ring (bicyclic) bond motifs is 1. The van der Waals surface area contributed by atoms with Crippen LogP contribution in [0.4, 0.5) is 5.69 Å². The molecule has 1 aliphatic heterocycles. The molecule has 0 amide bonds. The molecule has 0 unspecified atom stereocenters. The van der Waals surface area contributed by atoms with Crippen molar-refractivity contribution in [3.05, 3.63) is 48.0 Å². The molecule has 0 radical (unpaired) electrons. The fourth-order valence-electron chi connectivity index (χ4n) is 3.22. The molecule has 1 aliphatic rings. The first kappa shape index (κ1) is 17.9. The molecule has 5 nitrogen and oxygen atoms in total. The summed E-state index contributed by atoms with van der Waals surface area (Å²) in [6.07, 6.45) is 3.93. The lowest BCUT2D eigenvalue weighted by molar-refractivity contribution is 0.0697. The van der Waals surface area contributed by atoms with E-state index >= 15 is 0 Å². The predicted octanol–water partition coefficient (Wildman–Crippen LogP) is 4.66. The minimum Gasteiger partial charge on any atom is -0.478 e. The van der Waals surface area contributed by atoms with E-state index in [9.17, 15) is 9.90 Å². The molecule has 3 rings (SSSR count). The topological polar surface area (TPSA) is 59.0 Å². The van der Waals surface area contributed by atoms with Crippen molar-refractivity contribution in [2.24, 2.45) is 0 Å². The Morgan fingerprint density at radius 1 is 1.27 bits per heavy atom. The monoisotopic (exact) mass is 353 g/mol. The molecule has 26 heavy (non-hydrogen) atoms. The second-order valence-corrected chi connectivity index (χ2v) is 6.28. The Kier molecular flexibility index (Phi) is 5.16. The summed E-state index contributed by atoms with van der Waals surface area (Å²) in [4.78, 5) is 14.0. The number of unbranched alkanes of at least 4 members (excludes halogenated alkanes) is 1. The van der Waals surface area contributed by atoms with Crippen LogP contribution in [0.25, 0.3) is 17.2 Å². The molecule has 0 spiro atoms. The first-order chi connectivity index (χ1) is 12.6. The highest BCUT2D eigenvalue weighted by Gasteiger charge is 2.24. The van der Waals surface area contributed by atoms with E-state index < -0.39 is 5.97 Å². The van der Waals surface area contributed by atoms with E-state index in [1.54, 1.807) is 12.1 Å². The summed E-state index contributed by atoms with van der Waals surface area (Å²) in [6, 6.07) is 9.14. The van der Waals surface area contributed by atoms with E-state index in [0.29, 0.717) is 17.1 Å². The van der Waals surface area contributed by atoms with Crippen molar-refractivity contribution in [2.45, 2.75) is 19.8 Å². The summed E-state index contributed by atoms with van der Waals surface area (Å²) < 4.78 is 10.8. The molecule has 0 saturated heterocycles. The zero-order valence-electron chi connectivity index (χ0n) is 15.1. The molecule has 0 atom stereocenters. The van der Waals surface area contributed by atoms with Gasteiger partial charge in [0.15, 0.2) is 11.5 Å². The predicted molar refractivity (Wildman–Crippen MR) is 103 cm³/mol. The van der Waals surface area contributed by atoms with Gasteiger partial charge >= 0.3 is 5.97 Å². The number of anilines is 1. The molecule has 0 bridgehead atoms. The highest BCUT2D eigenvalue weighted by atomic mass is 16.7. The average Bonchev–Trinajstić information content (AvgIpc) is 3.11. The fraction of sp³-hybridized carbons (Fsp3) is 0.286. The standard InChI is InChI=1S/C21H23NO4/c1-4-6-10-22(3)20-14(5-2)8-7-9-15(20)16-11-18-19(26-13-25-18)12-17(16)21(23)24/h5,7-9,11-12H,2,4,6,10,13H2,1,3H3,(H,23,24). The van der Waals surface area contributed by atoms with Crippen LogP contribution < -0.4 is 14.4 Å². The van der Waals surface area contributed by atoms with Gasteiger partial charge in [0.1, 0.15) is 0 Å². The Morgan fingerprint density at radius 3 is 2.65 bits per heavy atom. The molecule has 0 aromatic heterocycles. The Bertz CT molecular complexity index is 844. The molecule has 2 aromatic carbocycles. The van der Waals surface area contributed by atoms with Crippen molar-refractivity contribution in [3.8, 4) is 22.6 Å². The van der Waals surface area contributed by atoms with E-state index in [0.717, 1.165) is 36.2 Å². The molecule has 1 N–H and O–H groups in total. The number of rotatable bonds is 7. The molecular weight excluding hydrogens is 330 g/mol. The molecule has 0 fully saturated rings. The molecule has 5 heteroatoms. The Morgan fingerprint density at radius 2 is 2.00 bits per heavy atom. The van der Waals surface area contributed by atoms with E-state index in [1.165, 1.54) is 6.07 Å². The zero-order chi connectivity index (χ0) is 18.7. The van der Waals surface area contributed by atoms with Gasteiger partial charge in [0, 0.05) is 24.7 Å². The van der Waals surface area contributed by atoms with Gasteiger partial charge in [-0.05, 0) is 24.1 Å². The molecular formula is C21H23NO4. The SMILES string of the molecule is C=Cc1cccc(-c2cc3c(cc2C(=O)O)OCO3)c1N(C)CCCC. The van der Waals surface area contributed by atoms with Gasteiger partial charge in [-0.25, -0.2) is 4.79 Å². The number of nitrogens with zero attached hydrogens (tertiary/aromatic N) is 1. The second kappa shape index (κ2) is 7.52. The molecule has 2 aromatic rings. The van der Waals surface area contributed by atoms with Gasteiger partial charge in [-0.3, -0.25) is 0 Å². The third-order valence-corrected chi connectivity index (χ3v) is 4.55. The van der Waals surface area contributed by atoms with Gasteiger partial charge in [-0.15, -0.1) is 0 Å². The van der Waals surface area contributed by atoms with Gasteiger partial charge in [0.05, 0.1) is 11.3 Å². The van der Waals surface area contributed by atoms with Crippen molar-refractivity contribution in [2.75, 3.05) is 25.3 Å². The van der Waals surface area contributed by atoms with Crippen molar-refractivity contribution in [1.82, 2.24) is 0 Å². The Balaban J connectivity index is 2.21. The third kappa shape index (κ3) is 3.25. The highest BCUT2D eigenvalue weighted by Crippen LogP contribution is 2.42. The summed E-state index contributed by atoms with van der Waals surface area (Å²) in [5, 5.41) is 9.73. The maximum absolute atomic E-state index is 11.9. The Labute approximate surface area is 153 Å². The van der Waals surface area contributed by atoms with Gasteiger partial charge in [0.25, 0.3) is 0 Å². The van der Waals surface area contributed by atoms with Gasteiger partial charge in [-0.1, -0.05) is 44.2 Å². The second-order valence-electron chi connectivity index (χ2n) is 6.28. The van der Waals surface area contributed by atoms with Crippen LogP contribution in [0.2, 0.25) is 0 Å². The van der Waals surface area contributed by atoms with Crippen LogP contribution in [0, 0.1) is 0 Å². The highest BCUT2D eigenvalue weighted by molar-refractivity contribution is 6.00. The first-order valence-electron chi connectivity index (χ1n) is 8.70.